The van der Waals surface area contributed by atoms with E-state index in [0.29, 0.717) is 48.6 Å². The largest absolute Gasteiger partial charge is 0.481 e. The maximum atomic E-state index is 12.7. The topological polar surface area (TPSA) is 181 Å². The number of rotatable bonds is 50. The third kappa shape index (κ3) is 45.2. The molecule has 1 atom stereocenters. The van der Waals surface area contributed by atoms with Crippen molar-refractivity contribution in [2.24, 2.45) is 29.6 Å². The zero-order chi connectivity index (χ0) is 56.6. The molecular weight excluding hydrogens is 965 g/mol. The van der Waals surface area contributed by atoms with Crippen molar-refractivity contribution in [3.05, 3.63) is 0 Å². The van der Waals surface area contributed by atoms with Crippen molar-refractivity contribution in [1.29, 1.82) is 0 Å². The molecule has 2 aliphatic rings. The number of Topliss-reactive ketones (excluding diaryl/α,β-unsaturated/α-hetero) is 5. The number of carboxylic acids is 1. The second kappa shape index (κ2) is 49.8. The van der Waals surface area contributed by atoms with Crippen molar-refractivity contribution in [2.75, 3.05) is 13.1 Å². The van der Waals surface area contributed by atoms with E-state index in [1.54, 1.807) is 20.8 Å². The van der Waals surface area contributed by atoms with Gasteiger partial charge >= 0.3 is 5.97 Å². The van der Waals surface area contributed by atoms with Crippen LogP contribution in [0.5, 0.6) is 0 Å². The fourth-order valence-electron chi connectivity index (χ4n) is 11.5. The summed E-state index contributed by atoms with van der Waals surface area (Å²) in [6.07, 6.45) is 51.4. The van der Waals surface area contributed by atoms with Crippen molar-refractivity contribution in [3.8, 4) is 0 Å². The van der Waals surface area contributed by atoms with Gasteiger partial charge in [0.2, 0.25) is 11.8 Å². The fourth-order valence-corrected chi connectivity index (χ4v) is 11.5. The third-order valence-corrected chi connectivity index (χ3v) is 16.9. The standard InChI is InChI=1S/C36H63NO6.C30H55NO3/c1-29(38)19-17-15-13-11-9-7-5-3-4-6-8-10-12-14-16-18-20-35(41)37-28-31-22-25-32(26-23-31)34(40)27-33(36(42)43)24-21-30(2)39;1-26(32)19-17-15-13-11-9-7-5-3-4-6-8-10-12-14-16-18-20-30(34)31-25-28-21-23-29(24-22-28)27(2)33/h31-33H,3-28H2,1-2H3,(H,37,41)(H,42,43);28-29H,3-25H2,1-2H3,(H,31,34)/t31?,32?,33-;/m1./s1. The minimum absolute atomic E-state index is 0.00919. The third-order valence-electron chi connectivity index (χ3n) is 16.9. The lowest BCUT2D eigenvalue weighted by Gasteiger charge is -2.28. The summed E-state index contributed by atoms with van der Waals surface area (Å²) in [6.45, 7) is 7.98. The first-order valence-corrected chi connectivity index (χ1v) is 32.5. The van der Waals surface area contributed by atoms with Crippen LogP contribution in [0.3, 0.4) is 0 Å². The van der Waals surface area contributed by atoms with Gasteiger partial charge in [-0.3, -0.25) is 24.0 Å². The number of carbonyl (C=O) groups excluding carboxylic acids is 7. The molecule has 11 nitrogen and oxygen atoms in total. The first kappa shape index (κ1) is 71.8. The summed E-state index contributed by atoms with van der Waals surface area (Å²) >= 11 is 0. The molecule has 11 heteroatoms. The number of amides is 2. The molecule has 0 aliphatic heterocycles. The summed E-state index contributed by atoms with van der Waals surface area (Å²) in [5, 5.41) is 15.6. The van der Waals surface area contributed by atoms with Crippen LogP contribution >= 0.6 is 0 Å². The Bertz CT molecular complexity index is 1560. The first-order valence-electron chi connectivity index (χ1n) is 32.5. The van der Waals surface area contributed by atoms with E-state index in [9.17, 15) is 43.5 Å². The van der Waals surface area contributed by atoms with Crippen LogP contribution < -0.4 is 10.6 Å². The number of ketones is 5. The second-order valence-corrected chi connectivity index (χ2v) is 24.3. The smallest absolute Gasteiger partial charge is 0.306 e. The molecule has 0 radical (unpaired) electrons. The van der Waals surface area contributed by atoms with Crippen molar-refractivity contribution >= 4 is 46.7 Å². The Labute approximate surface area is 471 Å². The molecule has 2 saturated carbocycles. The van der Waals surface area contributed by atoms with Gasteiger partial charge in [-0.1, -0.05) is 180 Å². The highest BCUT2D eigenvalue weighted by Crippen LogP contribution is 2.32. The molecule has 0 spiro atoms. The number of carboxylic acid groups (broad SMARTS) is 1. The van der Waals surface area contributed by atoms with Crippen LogP contribution in [0, 0.1) is 29.6 Å². The Balaban J connectivity index is 0.000000791. The molecule has 0 aromatic rings. The summed E-state index contributed by atoms with van der Waals surface area (Å²) in [4.78, 5) is 92.9. The Morgan fingerprint density at radius 1 is 0.351 bits per heavy atom. The molecule has 0 unspecified atom stereocenters. The van der Waals surface area contributed by atoms with Crippen LogP contribution in [0.2, 0.25) is 0 Å². The monoisotopic (exact) mass is 1080 g/mol. The minimum Gasteiger partial charge on any atom is -0.481 e. The van der Waals surface area contributed by atoms with E-state index in [-0.39, 0.29) is 54.5 Å². The summed E-state index contributed by atoms with van der Waals surface area (Å²) < 4.78 is 0. The number of nitrogens with one attached hydrogen (secondary N) is 2. The van der Waals surface area contributed by atoms with Gasteiger partial charge < -0.3 is 30.1 Å². The zero-order valence-electron chi connectivity index (χ0n) is 50.2. The molecule has 0 aromatic carbocycles. The van der Waals surface area contributed by atoms with Crippen molar-refractivity contribution in [1.82, 2.24) is 10.6 Å². The highest BCUT2D eigenvalue weighted by molar-refractivity contribution is 5.86. The molecule has 0 aromatic heterocycles. The van der Waals surface area contributed by atoms with Crippen LogP contribution in [0.25, 0.3) is 0 Å². The molecule has 0 heterocycles. The average Bonchev–Trinajstić information content (AvgIpc) is 3.40. The molecule has 2 amide bonds. The number of aliphatic carboxylic acids is 1. The molecule has 2 fully saturated rings. The van der Waals surface area contributed by atoms with Crippen molar-refractivity contribution in [3.63, 3.8) is 0 Å². The first-order chi connectivity index (χ1) is 37.2. The normalized spacial score (nSPS) is 17.7. The van der Waals surface area contributed by atoms with Crippen molar-refractivity contribution in [2.45, 2.75) is 329 Å². The van der Waals surface area contributed by atoms with E-state index in [1.165, 1.54) is 180 Å². The van der Waals surface area contributed by atoms with Crippen LogP contribution in [0.4, 0.5) is 0 Å². The molecule has 0 bridgehead atoms. The van der Waals surface area contributed by atoms with E-state index in [1.807, 2.05) is 0 Å². The number of unbranched alkanes of at least 4 members (excludes halogenated alkanes) is 30. The van der Waals surface area contributed by atoms with Gasteiger partial charge in [0.05, 0.1) is 5.92 Å². The second-order valence-electron chi connectivity index (χ2n) is 24.3. The van der Waals surface area contributed by atoms with Gasteiger partial charge in [0.15, 0.2) is 0 Å². The molecule has 2 aliphatic carbocycles. The summed E-state index contributed by atoms with van der Waals surface area (Å²) in [5.74, 6) is 0.626. The zero-order valence-corrected chi connectivity index (χ0v) is 50.2. The van der Waals surface area contributed by atoms with Crippen LogP contribution in [-0.4, -0.2) is 64.9 Å². The highest BCUT2D eigenvalue weighted by atomic mass is 16.4. The fraction of sp³-hybridized carbons (Fsp3) is 0.879. The maximum Gasteiger partial charge on any atom is 0.306 e. The molecule has 0 saturated heterocycles. The van der Waals surface area contributed by atoms with Crippen LogP contribution in [0.1, 0.15) is 329 Å². The SMILES string of the molecule is CC(=O)CCCCCCCCCCCCCCCCCCC(=O)NCC1CCC(C(=O)C[C@@H](CCC(C)=O)C(=O)O)CC1.CC(=O)CCCCCCCCCCCCCCCCCCC(=O)NCC1CCC(C(C)=O)CC1. The van der Waals surface area contributed by atoms with Gasteiger partial charge in [-0.05, 0) is 123 Å². The molecule has 77 heavy (non-hydrogen) atoms. The van der Waals surface area contributed by atoms with E-state index in [2.05, 4.69) is 10.6 Å². The number of hydrogen-bond acceptors (Lipinski definition) is 8. The van der Waals surface area contributed by atoms with Crippen LogP contribution in [0.15, 0.2) is 0 Å². The molecule has 3 N–H and O–H groups in total. The van der Waals surface area contributed by atoms with E-state index in [0.717, 1.165) is 103 Å². The lowest BCUT2D eigenvalue weighted by Crippen LogP contribution is -2.33. The average molecular weight is 1080 g/mol. The lowest BCUT2D eigenvalue weighted by molar-refractivity contribution is -0.144. The van der Waals surface area contributed by atoms with Gasteiger partial charge in [-0.15, -0.1) is 0 Å². The summed E-state index contributed by atoms with van der Waals surface area (Å²) in [7, 11) is 0. The van der Waals surface area contributed by atoms with Gasteiger partial charge in [0, 0.05) is 63.5 Å². The molecular formula is C66H118N2O9. The Kier molecular flexibility index (Phi) is 46.4. The minimum atomic E-state index is -0.996. The van der Waals surface area contributed by atoms with E-state index >= 15 is 0 Å². The van der Waals surface area contributed by atoms with E-state index < -0.39 is 11.9 Å². The summed E-state index contributed by atoms with van der Waals surface area (Å²) in [5.41, 5.74) is 0. The molecule has 446 valence electrons. The predicted molar refractivity (Wildman–Crippen MR) is 316 cm³/mol. The molecule has 2 rings (SSSR count). The van der Waals surface area contributed by atoms with Gasteiger partial charge in [0.25, 0.3) is 0 Å². The Morgan fingerprint density at radius 2 is 0.610 bits per heavy atom. The van der Waals surface area contributed by atoms with Crippen LogP contribution in [-0.2, 0) is 38.4 Å². The highest BCUT2D eigenvalue weighted by Gasteiger charge is 2.30. The predicted octanol–water partition coefficient (Wildman–Crippen LogP) is 16.7. The number of carbonyl (C=O) groups is 8. The van der Waals surface area contributed by atoms with Gasteiger partial charge in [-0.2, -0.15) is 0 Å². The quantitative estimate of drug-likeness (QED) is 0.0500. The van der Waals surface area contributed by atoms with Gasteiger partial charge in [-0.25, -0.2) is 0 Å². The van der Waals surface area contributed by atoms with Gasteiger partial charge in [0.1, 0.15) is 28.9 Å². The summed E-state index contributed by atoms with van der Waals surface area (Å²) in [6, 6.07) is 0. The van der Waals surface area contributed by atoms with E-state index in [4.69, 9.17) is 0 Å². The van der Waals surface area contributed by atoms with Crippen molar-refractivity contribution < 1.29 is 43.5 Å². The Hall–Kier alpha value is -3.24. The number of hydrogen-bond donors (Lipinski definition) is 3. The Morgan fingerprint density at radius 3 is 0.870 bits per heavy atom. The maximum absolute atomic E-state index is 12.7. The lowest BCUT2D eigenvalue weighted by atomic mass is 9.78.